The maximum Gasteiger partial charge on any atom is 0.313 e. The Morgan fingerprint density at radius 3 is 2.88 bits per heavy atom. The molecule has 0 spiro atoms. The van der Waals surface area contributed by atoms with Gasteiger partial charge in [0, 0.05) is 31.1 Å². The summed E-state index contributed by atoms with van der Waals surface area (Å²) in [7, 11) is 1.46. The minimum absolute atomic E-state index is 0.0774. The predicted octanol–water partition coefficient (Wildman–Crippen LogP) is 3.03. The van der Waals surface area contributed by atoms with E-state index in [0.29, 0.717) is 28.7 Å². The molecule has 2 aromatic rings. The van der Waals surface area contributed by atoms with Gasteiger partial charge in [0.1, 0.15) is 16.1 Å². The topological polar surface area (TPSA) is 79.7 Å². The van der Waals surface area contributed by atoms with E-state index in [4.69, 9.17) is 16.3 Å². The number of nitrogens with zero attached hydrogens (tertiary/aromatic N) is 2. The number of hydrogen-bond donors (Lipinski definition) is 1. The molecule has 1 atom stereocenters. The van der Waals surface area contributed by atoms with Gasteiger partial charge in [0.15, 0.2) is 0 Å². The minimum atomic E-state index is -1.05. The van der Waals surface area contributed by atoms with Crippen molar-refractivity contribution in [3.63, 3.8) is 0 Å². The first-order valence-electron chi connectivity index (χ1n) is 7.69. The number of aliphatic carboxylic acids is 1. The number of carboxylic acid groups (broad SMARTS) is 1. The quantitative estimate of drug-likeness (QED) is 0.862. The van der Waals surface area contributed by atoms with E-state index in [2.05, 4.69) is 4.98 Å². The van der Waals surface area contributed by atoms with Crippen molar-refractivity contribution in [1.82, 2.24) is 9.88 Å². The molecule has 1 aliphatic heterocycles. The van der Waals surface area contributed by atoms with Crippen molar-refractivity contribution in [3.05, 3.63) is 40.4 Å². The molecule has 3 rings (SSSR count). The van der Waals surface area contributed by atoms with Gasteiger partial charge in [0.2, 0.25) is 0 Å². The lowest BCUT2D eigenvalue weighted by molar-refractivity contribution is -0.151. The molecule has 1 unspecified atom stereocenters. The molecule has 0 radical (unpaired) electrons. The molecule has 132 valence electrons. The van der Waals surface area contributed by atoms with Gasteiger partial charge in [0.25, 0.3) is 5.91 Å². The van der Waals surface area contributed by atoms with Crippen LogP contribution in [0.15, 0.2) is 29.6 Å². The first-order chi connectivity index (χ1) is 12.0. The zero-order valence-electron chi connectivity index (χ0n) is 13.6. The van der Waals surface area contributed by atoms with Gasteiger partial charge in [-0.3, -0.25) is 9.59 Å². The number of aromatic nitrogens is 1. The summed E-state index contributed by atoms with van der Waals surface area (Å²) in [6.45, 7) is 0.565. The number of amides is 1. The van der Waals surface area contributed by atoms with Crippen LogP contribution in [0.5, 0.6) is 0 Å². The van der Waals surface area contributed by atoms with Gasteiger partial charge >= 0.3 is 5.97 Å². The lowest BCUT2D eigenvalue weighted by atomic mass is 9.88. The summed E-state index contributed by atoms with van der Waals surface area (Å²) in [5, 5.41) is 12.4. The summed E-state index contributed by atoms with van der Waals surface area (Å²) in [6, 6.07) is 7.30. The first kappa shape index (κ1) is 17.8. The molecule has 1 saturated heterocycles. The average Bonchev–Trinajstić information content (AvgIpc) is 3.23. The highest BCUT2D eigenvalue weighted by Gasteiger charge is 2.46. The zero-order valence-corrected chi connectivity index (χ0v) is 15.1. The summed E-state index contributed by atoms with van der Waals surface area (Å²) in [5.41, 5.74) is 0.0267. The van der Waals surface area contributed by atoms with E-state index in [1.165, 1.54) is 23.3 Å². The van der Waals surface area contributed by atoms with E-state index < -0.39 is 11.4 Å². The molecule has 1 amide bonds. The third-order valence-corrected chi connectivity index (χ3v) is 5.55. The number of benzene rings is 1. The lowest BCUT2D eigenvalue weighted by Crippen LogP contribution is -2.40. The van der Waals surface area contributed by atoms with Crippen LogP contribution >= 0.6 is 22.9 Å². The largest absolute Gasteiger partial charge is 0.481 e. The SMILES string of the molecule is COCC1(C(=O)O)CCN(C(=O)c2csc(-c3ccccc3Cl)n2)C1. The van der Waals surface area contributed by atoms with Crippen molar-refractivity contribution in [2.45, 2.75) is 6.42 Å². The molecule has 6 nitrogen and oxygen atoms in total. The van der Waals surface area contributed by atoms with Gasteiger partial charge in [-0.1, -0.05) is 29.8 Å². The van der Waals surface area contributed by atoms with Crippen LogP contribution in [-0.4, -0.2) is 53.7 Å². The molecule has 0 bridgehead atoms. The Morgan fingerprint density at radius 1 is 1.44 bits per heavy atom. The van der Waals surface area contributed by atoms with Gasteiger partial charge < -0.3 is 14.7 Å². The molecule has 1 aromatic heterocycles. The minimum Gasteiger partial charge on any atom is -0.481 e. The van der Waals surface area contributed by atoms with E-state index in [9.17, 15) is 14.7 Å². The van der Waals surface area contributed by atoms with Gasteiger partial charge in [-0.2, -0.15) is 0 Å². The molecular weight excluding hydrogens is 364 g/mol. The Balaban J connectivity index is 1.79. The highest BCUT2D eigenvalue weighted by molar-refractivity contribution is 7.13. The maximum absolute atomic E-state index is 12.7. The fourth-order valence-electron chi connectivity index (χ4n) is 2.97. The van der Waals surface area contributed by atoms with Crippen molar-refractivity contribution in [3.8, 4) is 10.6 Å². The van der Waals surface area contributed by atoms with Gasteiger partial charge in [-0.05, 0) is 12.5 Å². The molecular formula is C17H17ClN2O4S. The van der Waals surface area contributed by atoms with Crippen LogP contribution in [-0.2, 0) is 9.53 Å². The second kappa shape index (κ2) is 7.11. The Bertz CT molecular complexity index is 809. The van der Waals surface area contributed by atoms with Crippen LogP contribution < -0.4 is 0 Å². The Morgan fingerprint density at radius 2 is 2.20 bits per heavy atom. The monoisotopic (exact) mass is 380 g/mol. The van der Waals surface area contributed by atoms with E-state index in [1.54, 1.807) is 11.4 Å². The Kier molecular flexibility index (Phi) is 5.08. The first-order valence-corrected chi connectivity index (χ1v) is 8.95. The number of thiazole rings is 1. The summed E-state index contributed by atoms with van der Waals surface area (Å²) < 4.78 is 5.05. The summed E-state index contributed by atoms with van der Waals surface area (Å²) in [5.74, 6) is -1.21. The molecule has 2 heterocycles. The zero-order chi connectivity index (χ0) is 18.0. The number of carboxylic acids is 1. The second-order valence-corrected chi connectivity index (χ2v) is 7.28. The third-order valence-electron chi connectivity index (χ3n) is 4.34. The molecule has 25 heavy (non-hydrogen) atoms. The van der Waals surface area contributed by atoms with Crippen molar-refractivity contribution in [1.29, 1.82) is 0 Å². The van der Waals surface area contributed by atoms with Crippen LogP contribution in [0.3, 0.4) is 0 Å². The number of rotatable bonds is 5. The Hall–Kier alpha value is -1.96. The van der Waals surface area contributed by atoms with Crippen LogP contribution in [0, 0.1) is 5.41 Å². The molecule has 1 aromatic carbocycles. The van der Waals surface area contributed by atoms with Crippen molar-refractivity contribution in [2.24, 2.45) is 5.41 Å². The second-order valence-electron chi connectivity index (χ2n) is 6.01. The normalized spacial score (nSPS) is 20.0. The third kappa shape index (κ3) is 3.40. The van der Waals surface area contributed by atoms with E-state index in [1.807, 2.05) is 18.2 Å². The van der Waals surface area contributed by atoms with Crippen LogP contribution in [0.1, 0.15) is 16.9 Å². The van der Waals surface area contributed by atoms with Gasteiger partial charge in [-0.25, -0.2) is 4.98 Å². The van der Waals surface area contributed by atoms with Gasteiger partial charge in [-0.15, -0.1) is 11.3 Å². The number of hydrogen-bond acceptors (Lipinski definition) is 5. The highest BCUT2D eigenvalue weighted by Crippen LogP contribution is 2.34. The predicted molar refractivity (Wildman–Crippen MR) is 95.0 cm³/mol. The van der Waals surface area contributed by atoms with E-state index in [0.717, 1.165) is 5.56 Å². The van der Waals surface area contributed by atoms with Crippen LogP contribution in [0.2, 0.25) is 5.02 Å². The number of carbonyl (C=O) groups excluding carboxylic acids is 1. The summed E-state index contributed by atoms with van der Waals surface area (Å²) in [6.07, 6.45) is 0.365. The van der Waals surface area contributed by atoms with Crippen molar-refractivity contribution in [2.75, 3.05) is 26.8 Å². The number of likely N-dealkylation sites (tertiary alicyclic amines) is 1. The summed E-state index contributed by atoms with van der Waals surface area (Å²) >= 11 is 7.51. The number of halogens is 1. The van der Waals surface area contributed by atoms with Crippen molar-refractivity contribution >= 4 is 34.8 Å². The fourth-order valence-corrected chi connectivity index (χ4v) is 4.08. The van der Waals surface area contributed by atoms with Gasteiger partial charge in [0.05, 0.1) is 11.6 Å². The molecule has 0 saturated carbocycles. The lowest BCUT2D eigenvalue weighted by Gasteiger charge is -2.23. The van der Waals surface area contributed by atoms with Crippen molar-refractivity contribution < 1.29 is 19.4 Å². The fraction of sp³-hybridized carbons (Fsp3) is 0.353. The van der Waals surface area contributed by atoms with E-state index in [-0.39, 0.29) is 19.1 Å². The molecule has 1 aliphatic rings. The molecule has 1 fully saturated rings. The average molecular weight is 381 g/mol. The van der Waals surface area contributed by atoms with E-state index >= 15 is 0 Å². The smallest absolute Gasteiger partial charge is 0.313 e. The summed E-state index contributed by atoms with van der Waals surface area (Å²) in [4.78, 5) is 30.2. The standard InChI is InChI=1S/C17H17ClN2O4S/c1-24-10-17(16(22)23)6-7-20(9-17)15(21)13-8-25-14(19-13)11-4-2-3-5-12(11)18/h2-5,8H,6-7,9-10H2,1H3,(H,22,23). The number of carbonyl (C=O) groups is 2. The maximum atomic E-state index is 12.7. The van der Waals surface area contributed by atoms with Crippen LogP contribution in [0.4, 0.5) is 0 Å². The Labute approximate surface area is 154 Å². The highest BCUT2D eigenvalue weighted by atomic mass is 35.5. The number of ether oxygens (including phenoxy) is 1. The number of methoxy groups -OCH3 is 1. The molecule has 1 N–H and O–H groups in total. The van der Waals surface area contributed by atoms with Crippen LogP contribution in [0.25, 0.3) is 10.6 Å². The molecule has 8 heteroatoms. The molecule has 0 aliphatic carbocycles.